The summed E-state index contributed by atoms with van der Waals surface area (Å²) in [6.45, 7) is 0. The van der Waals surface area contributed by atoms with E-state index < -0.39 is 5.97 Å². The number of benzene rings is 2. The van der Waals surface area contributed by atoms with Crippen LogP contribution in [-0.2, 0) is 9.53 Å². The number of carbonyl (C=O) groups excluding carboxylic acids is 1. The second-order valence-corrected chi connectivity index (χ2v) is 8.03. The van der Waals surface area contributed by atoms with Gasteiger partial charge in [-0.15, -0.1) is 0 Å². The van der Waals surface area contributed by atoms with E-state index in [1.807, 2.05) is 0 Å². The number of phenolic OH excluding ortho intramolecular Hbond substituents is 2. The molecular formula is C17H8Br3ClO4. The van der Waals surface area contributed by atoms with E-state index in [4.69, 9.17) is 16.3 Å². The summed E-state index contributed by atoms with van der Waals surface area (Å²) >= 11 is 15.9. The summed E-state index contributed by atoms with van der Waals surface area (Å²) in [5.41, 5.74) is 1.71. The molecule has 2 aromatic rings. The number of allylic oxidation sites excluding steroid dienone is 1. The lowest BCUT2D eigenvalue weighted by atomic mass is 10.0. The molecule has 0 aliphatic carbocycles. The number of carbonyl (C=O) groups is 1. The molecule has 0 fully saturated rings. The van der Waals surface area contributed by atoms with Gasteiger partial charge in [-0.1, -0.05) is 17.7 Å². The molecule has 1 aliphatic rings. The van der Waals surface area contributed by atoms with E-state index >= 15 is 0 Å². The van der Waals surface area contributed by atoms with Crippen LogP contribution in [0.4, 0.5) is 0 Å². The fourth-order valence-electron chi connectivity index (χ4n) is 2.25. The molecule has 0 radical (unpaired) electrons. The van der Waals surface area contributed by atoms with Crippen LogP contribution in [0.1, 0.15) is 11.1 Å². The fourth-order valence-corrected chi connectivity index (χ4v) is 4.07. The monoisotopic (exact) mass is 548 g/mol. The first-order chi connectivity index (χ1) is 11.8. The van der Waals surface area contributed by atoms with Gasteiger partial charge in [0.25, 0.3) is 0 Å². The zero-order valence-electron chi connectivity index (χ0n) is 12.2. The molecule has 8 heteroatoms. The molecule has 0 unspecified atom stereocenters. The maximum absolute atomic E-state index is 11.9. The van der Waals surface area contributed by atoms with Crippen LogP contribution in [-0.4, -0.2) is 16.2 Å². The van der Waals surface area contributed by atoms with Crippen molar-refractivity contribution in [3.63, 3.8) is 0 Å². The third-order valence-corrected chi connectivity index (χ3v) is 5.61. The zero-order chi connectivity index (χ0) is 18.3. The fraction of sp³-hybridized carbons (Fsp3) is 0. The highest BCUT2D eigenvalue weighted by Crippen LogP contribution is 2.42. The molecule has 1 heterocycles. The first-order valence-corrected chi connectivity index (χ1v) is 9.54. The number of ether oxygens (including phenoxy) is 1. The molecule has 0 saturated heterocycles. The van der Waals surface area contributed by atoms with Crippen molar-refractivity contribution < 1.29 is 19.7 Å². The van der Waals surface area contributed by atoms with Crippen molar-refractivity contribution in [2.24, 2.45) is 0 Å². The second-order valence-electron chi connectivity index (χ2n) is 5.09. The Balaban J connectivity index is 2.13. The second kappa shape index (κ2) is 7.15. The molecule has 2 N–H and O–H groups in total. The molecular weight excluding hydrogens is 543 g/mol. The molecule has 0 atom stereocenters. The van der Waals surface area contributed by atoms with Crippen LogP contribution in [0.2, 0.25) is 0 Å². The summed E-state index contributed by atoms with van der Waals surface area (Å²) in [6, 6.07) is 8.16. The van der Waals surface area contributed by atoms with Crippen molar-refractivity contribution in [1.29, 1.82) is 0 Å². The third kappa shape index (κ3) is 3.65. The molecule has 0 spiro atoms. The molecule has 128 valence electrons. The largest absolute Gasteiger partial charge is 0.507 e. The van der Waals surface area contributed by atoms with E-state index in [0.717, 1.165) is 0 Å². The summed E-state index contributed by atoms with van der Waals surface area (Å²) in [5, 5.41) is 19.4. The van der Waals surface area contributed by atoms with Gasteiger partial charge in [0.2, 0.25) is 0 Å². The Hall–Kier alpha value is -1.28. The van der Waals surface area contributed by atoms with Gasteiger partial charge in [0.05, 0.1) is 19.0 Å². The lowest BCUT2D eigenvalue weighted by Crippen LogP contribution is -1.93. The molecule has 0 amide bonds. The normalized spacial score (nSPS) is 15.8. The highest BCUT2D eigenvalue weighted by atomic mass is 79.9. The quantitative estimate of drug-likeness (QED) is 0.454. The third-order valence-electron chi connectivity index (χ3n) is 3.42. The van der Waals surface area contributed by atoms with Crippen LogP contribution in [0, 0.1) is 0 Å². The summed E-state index contributed by atoms with van der Waals surface area (Å²) in [5.74, 6) is -0.234. The van der Waals surface area contributed by atoms with Gasteiger partial charge in [-0.3, -0.25) is 0 Å². The molecule has 0 bridgehead atoms. The van der Waals surface area contributed by atoms with Crippen LogP contribution < -0.4 is 0 Å². The van der Waals surface area contributed by atoms with E-state index in [-0.39, 0.29) is 22.3 Å². The number of rotatable bonds is 2. The van der Waals surface area contributed by atoms with Crippen molar-refractivity contribution in [2.45, 2.75) is 0 Å². The Morgan fingerprint density at radius 3 is 2.24 bits per heavy atom. The Morgan fingerprint density at radius 2 is 1.64 bits per heavy atom. The smallest absolute Gasteiger partial charge is 0.355 e. The van der Waals surface area contributed by atoms with E-state index in [1.54, 1.807) is 30.3 Å². The lowest BCUT2D eigenvalue weighted by Gasteiger charge is -2.09. The van der Waals surface area contributed by atoms with E-state index in [9.17, 15) is 15.0 Å². The molecule has 3 rings (SSSR count). The van der Waals surface area contributed by atoms with Gasteiger partial charge in [0.15, 0.2) is 0 Å². The number of hydrogen-bond donors (Lipinski definition) is 2. The number of hydrogen-bond acceptors (Lipinski definition) is 4. The van der Waals surface area contributed by atoms with Crippen molar-refractivity contribution >= 4 is 77.0 Å². The molecule has 4 nitrogen and oxygen atoms in total. The average molecular weight is 551 g/mol. The Bertz CT molecular complexity index is 943. The number of cyclic esters (lactones) is 1. The first kappa shape index (κ1) is 18.5. The average Bonchev–Trinajstić information content (AvgIpc) is 2.82. The lowest BCUT2D eigenvalue weighted by molar-refractivity contribution is -0.132. The molecule has 1 aliphatic heterocycles. The zero-order valence-corrected chi connectivity index (χ0v) is 17.7. The minimum absolute atomic E-state index is 0.0405. The van der Waals surface area contributed by atoms with E-state index in [2.05, 4.69) is 47.8 Å². The number of halogens is 4. The van der Waals surface area contributed by atoms with Crippen LogP contribution in [0.25, 0.3) is 11.6 Å². The topological polar surface area (TPSA) is 66.8 Å². The van der Waals surface area contributed by atoms with Gasteiger partial charge in [-0.2, -0.15) is 0 Å². The minimum atomic E-state index is -0.652. The summed E-state index contributed by atoms with van der Waals surface area (Å²) < 4.78 is 6.67. The molecule has 0 aromatic heterocycles. The van der Waals surface area contributed by atoms with Crippen LogP contribution in [0.5, 0.6) is 11.5 Å². The highest BCUT2D eigenvalue weighted by molar-refractivity contribution is 9.11. The first-order valence-electron chi connectivity index (χ1n) is 6.79. The predicted octanol–water partition coefficient (Wildman–Crippen LogP) is 5.93. The predicted molar refractivity (Wildman–Crippen MR) is 106 cm³/mol. The minimum Gasteiger partial charge on any atom is -0.507 e. The van der Waals surface area contributed by atoms with Gasteiger partial charge in [-0.25, -0.2) is 4.79 Å². The standard InChI is InChI=1S/C17H8Br3ClO4/c18-9-3-7(1-2-12(9)22)4-13-14(15(21)17(24)25-13)8-5-10(19)16(23)11(20)6-8/h1-6,22-23H/b13-4-. The molecule has 25 heavy (non-hydrogen) atoms. The number of aromatic hydroxyl groups is 2. The molecule has 0 saturated carbocycles. The van der Waals surface area contributed by atoms with Crippen molar-refractivity contribution in [1.82, 2.24) is 0 Å². The van der Waals surface area contributed by atoms with Crippen LogP contribution in [0.15, 0.2) is 54.5 Å². The SMILES string of the molecule is O=C1O/C(=C\c2ccc(O)c(Br)c2)C(c2cc(Br)c(O)c(Br)c2)=C1Cl. The van der Waals surface area contributed by atoms with Crippen molar-refractivity contribution in [2.75, 3.05) is 0 Å². The van der Waals surface area contributed by atoms with Gasteiger partial charge < -0.3 is 14.9 Å². The number of esters is 1. The van der Waals surface area contributed by atoms with Gasteiger partial charge >= 0.3 is 5.97 Å². The Kier molecular flexibility index (Phi) is 5.29. The van der Waals surface area contributed by atoms with Crippen LogP contribution >= 0.6 is 59.4 Å². The maximum Gasteiger partial charge on any atom is 0.355 e. The number of phenols is 2. The Labute approximate surface area is 173 Å². The summed E-state index contributed by atoms with van der Waals surface area (Å²) in [7, 11) is 0. The van der Waals surface area contributed by atoms with E-state index in [0.29, 0.717) is 30.1 Å². The summed E-state index contributed by atoms with van der Waals surface area (Å²) in [4.78, 5) is 11.9. The molecule has 2 aromatic carbocycles. The van der Waals surface area contributed by atoms with Crippen molar-refractivity contribution in [3.8, 4) is 11.5 Å². The van der Waals surface area contributed by atoms with Gasteiger partial charge in [-0.05, 0) is 89.3 Å². The summed E-state index contributed by atoms with van der Waals surface area (Å²) in [6.07, 6.45) is 1.64. The van der Waals surface area contributed by atoms with Crippen LogP contribution in [0.3, 0.4) is 0 Å². The Morgan fingerprint density at radius 1 is 1.00 bits per heavy atom. The highest BCUT2D eigenvalue weighted by Gasteiger charge is 2.30. The van der Waals surface area contributed by atoms with Crippen molar-refractivity contribution in [3.05, 3.63) is 65.7 Å². The maximum atomic E-state index is 11.9. The van der Waals surface area contributed by atoms with Gasteiger partial charge in [0, 0.05) is 0 Å². The van der Waals surface area contributed by atoms with Gasteiger partial charge in [0.1, 0.15) is 22.3 Å². The van der Waals surface area contributed by atoms with E-state index in [1.165, 1.54) is 6.07 Å².